The van der Waals surface area contributed by atoms with E-state index in [1.807, 2.05) is 0 Å². The first-order valence-corrected chi connectivity index (χ1v) is 12.8. The molecule has 1 aliphatic carbocycles. The first-order chi connectivity index (χ1) is 15.4. The van der Waals surface area contributed by atoms with Crippen molar-refractivity contribution in [2.24, 2.45) is 5.92 Å². The van der Waals surface area contributed by atoms with Gasteiger partial charge in [-0.1, -0.05) is 6.07 Å². The highest BCUT2D eigenvalue weighted by Gasteiger charge is 2.49. The average Bonchev–Trinajstić information content (AvgIpc) is 2.69. The van der Waals surface area contributed by atoms with E-state index in [0.29, 0.717) is 18.3 Å². The van der Waals surface area contributed by atoms with E-state index in [4.69, 9.17) is 0 Å². The molecule has 0 atom stereocenters. The Bertz CT molecular complexity index is 1270. The summed E-state index contributed by atoms with van der Waals surface area (Å²) in [5.74, 6) is -0.578. The van der Waals surface area contributed by atoms with Crippen molar-refractivity contribution >= 4 is 19.9 Å². The van der Waals surface area contributed by atoms with Gasteiger partial charge in [0.2, 0.25) is 10.0 Å². The molecule has 1 N–H and O–H groups in total. The van der Waals surface area contributed by atoms with Gasteiger partial charge in [0, 0.05) is 12.2 Å². The van der Waals surface area contributed by atoms with Crippen LogP contribution in [0.2, 0.25) is 0 Å². The number of hydrogen-bond donors (Lipinski definition) is 1. The Labute approximate surface area is 192 Å². The fourth-order valence-electron chi connectivity index (χ4n) is 3.64. The minimum atomic E-state index is -4.73. The number of rotatable bonds is 6. The van der Waals surface area contributed by atoms with Gasteiger partial charge in [-0.15, -0.1) is 0 Å². The Hall–Kier alpha value is -2.19. The number of sulfonamides is 1. The SMILES string of the molecule is CC(C)(C1CC(NS(=O)(=O)c2ccc(C(F)(F)F)nc2)C1)S(=O)(=O)c1cccc(C(F)(F)F)c1. The van der Waals surface area contributed by atoms with Crippen molar-refractivity contribution in [2.45, 2.75) is 59.6 Å². The van der Waals surface area contributed by atoms with Crippen LogP contribution in [0.1, 0.15) is 37.9 Å². The number of nitrogens with one attached hydrogen (secondary N) is 1. The van der Waals surface area contributed by atoms with E-state index >= 15 is 0 Å². The van der Waals surface area contributed by atoms with E-state index in [-0.39, 0.29) is 12.8 Å². The van der Waals surface area contributed by atoms with Gasteiger partial charge in [0.05, 0.1) is 15.2 Å². The topological polar surface area (TPSA) is 93.2 Å². The highest BCUT2D eigenvalue weighted by molar-refractivity contribution is 7.92. The molecule has 0 spiro atoms. The maximum atomic E-state index is 13.1. The van der Waals surface area contributed by atoms with Crippen LogP contribution in [0.4, 0.5) is 26.3 Å². The quantitative estimate of drug-likeness (QED) is 0.558. The lowest BCUT2D eigenvalue weighted by molar-refractivity contribution is -0.141. The van der Waals surface area contributed by atoms with Gasteiger partial charge in [0.15, 0.2) is 9.84 Å². The van der Waals surface area contributed by atoms with E-state index in [0.717, 1.165) is 24.3 Å². The molecule has 2 aromatic rings. The molecule has 0 bridgehead atoms. The molecule has 1 aromatic carbocycles. The van der Waals surface area contributed by atoms with Crippen molar-refractivity contribution in [3.8, 4) is 0 Å². The number of aromatic nitrogens is 1. The molecule has 34 heavy (non-hydrogen) atoms. The Morgan fingerprint density at radius 2 is 1.50 bits per heavy atom. The highest BCUT2D eigenvalue weighted by Crippen LogP contribution is 2.44. The van der Waals surface area contributed by atoms with Gasteiger partial charge < -0.3 is 0 Å². The number of alkyl halides is 6. The number of hydrogen-bond acceptors (Lipinski definition) is 5. The Kier molecular flexibility index (Phi) is 6.59. The second-order valence-electron chi connectivity index (χ2n) is 8.50. The third kappa shape index (κ3) is 5.08. The molecule has 1 aliphatic rings. The van der Waals surface area contributed by atoms with Gasteiger partial charge in [-0.05, 0) is 62.9 Å². The molecular formula is C20H20F6N2O4S2. The zero-order valence-corrected chi connectivity index (χ0v) is 19.4. The third-order valence-corrected chi connectivity index (χ3v) is 10.0. The molecular weight excluding hydrogens is 510 g/mol. The first kappa shape index (κ1) is 26.4. The smallest absolute Gasteiger partial charge is 0.250 e. The van der Waals surface area contributed by atoms with Crippen LogP contribution in [0.3, 0.4) is 0 Å². The van der Waals surface area contributed by atoms with Crippen LogP contribution >= 0.6 is 0 Å². The zero-order valence-electron chi connectivity index (χ0n) is 17.8. The summed E-state index contributed by atoms with van der Waals surface area (Å²) in [6.45, 7) is 2.72. The largest absolute Gasteiger partial charge is 0.433 e. The van der Waals surface area contributed by atoms with Crippen molar-refractivity contribution in [1.82, 2.24) is 9.71 Å². The highest BCUT2D eigenvalue weighted by atomic mass is 32.2. The minimum Gasteiger partial charge on any atom is -0.250 e. The van der Waals surface area contributed by atoms with E-state index in [1.165, 1.54) is 13.8 Å². The maximum absolute atomic E-state index is 13.1. The van der Waals surface area contributed by atoms with Crippen molar-refractivity contribution in [2.75, 3.05) is 0 Å². The van der Waals surface area contributed by atoms with Crippen LogP contribution in [0.25, 0.3) is 0 Å². The monoisotopic (exact) mass is 530 g/mol. The van der Waals surface area contributed by atoms with E-state index in [9.17, 15) is 43.2 Å². The molecule has 1 fully saturated rings. The molecule has 0 unspecified atom stereocenters. The molecule has 14 heteroatoms. The predicted octanol–water partition coefficient (Wildman–Crippen LogP) is 4.43. The molecule has 6 nitrogen and oxygen atoms in total. The molecule has 3 rings (SSSR count). The fourth-order valence-corrected chi connectivity index (χ4v) is 6.62. The van der Waals surface area contributed by atoms with E-state index in [2.05, 4.69) is 9.71 Å². The van der Waals surface area contributed by atoms with Crippen LogP contribution in [0.15, 0.2) is 52.4 Å². The molecule has 0 aliphatic heterocycles. The summed E-state index contributed by atoms with van der Waals surface area (Å²) < 4.78 is 129. The molecule has 1 aromatic heterocycles. The van der Waals surface area contributed by atoms with Gasteiger partial charge in [-0.25, -0.2) is 21.6 Å². The fraction of sp³-hybridized carbons (Fsp3) is 0.450. The molecule has 0 saturated heterocycles. The van der Waals surface area contributed by atoms with Gasteiger partial charge in [0.25, 0.3) is 0 Å². The summed E-state index contributed by atoms with van der Waals surface area (Å²) in [5, 5.41) is 0. The third-order valence-electron chi connectivity index (χ3n) is 5.94. The number of sulfone groups is 1. The van der Waals surface area contributed by atoms with Crippen LogP contribution < -0.4 is 4.72 Å². The van der Waals surface area contributed by atoms with Crippen molar-refractivity contribution in [1.29, 1.82) is 0 Å². The normalized spacial score (nSPS) is 20.1. The second kappa shape index (κ2) is 8.48. The van der Waals surface area contributed by atoms with Crippen molar-refractivity contribution in [3.05, 3.63) is 53.9 Å². The second-order valence-corrected chi connectivity index (χ2v) is 12.7. The van der Waals surface area contributed by atoms with Crippen LogP contribution in [-0.2, 0) is 32.2 Å². The van der Waals surface area contributed by atoms with E-state index in [1.54, 1.807) is 0 Å². The summed E-state index contributed by atoms with van der Waals surface area (Å²) >= 11 is 0. The van der Waals surface area contributed by atoms with Crippen LogP contribution in [-0.4, -0.2) is 32.6 Å². The Morgan fingerprint density at radius 3 is 2.00 bits per heavy atom. The van der Waals surface area contributed by atoms with Gasteiger partial charge in [-0.3, -0.25) is 4.98 Å². The molecule has 1 heterocycles. The lowest BCUT2D eigenvalue weighted by Crippen LogP contribution is -2.53. The summed E-state index contributed by atoms with van der Waals surface area (Å²) in [4.78, 5) is 2.13. The lowest BCUT2D eigenvalue weighted by atomic mass is 9.73. The Balaban J connectivity index is 1.72. The standard InChI is InChI=1S/C20H20F6N2O4S2/c1-18(2,33(29,30)15-5-3-4-12(10-15)19(21,22)23)13-8-14(9-13)28-34(31,32)16-6-7-17(27-11-16)20(24,25)26/h3-7,10-11,13-14,28H,8-9H2,1-2H3. The zero-order chi connectivity index (χ0) is 25.7. The van der Waals surface area contributed by atoms with E-state index < -0.39 is 70.0 Å². The molecule has 188 valence electrons. The summed E-state index contributed by atoms with van der Waals surface area (Å²) in [6.07, 6.45) is -8.74. The minimum absolute atomic E-state index is 0.0679. The first-order valence-electron chi connectivity index (χ1n) is 9.83. The lowest BCUT2D eigenvalue weighted by Gasteiger charge is -2.44. The summed E-state index contributed by atoms with van der Waals surface area (Å²) in [6, 6.07) is 3.99. The van der Waals surface area contributed by atoms with Gasteiger partial charge in [0.1, 0.15) is 10.6 Å². The van der Waals surface area contributed by atoms with Gasteiger partial charge in [-0.2, -0.15) is 26.3 Å². The number of nitrogens with zero attached hydrogens (tertiary/aromatic N) is 1. The van der Waals surface area contributed by atoms with Crippen LogP contribution in [0, 0.1) is 5.92 Å². The summed E-state index contributed by atoms with van der Waals surface area (Å²) in [7, 11) is -8.43. The van der Waals surface area contributed by atoms with Crippen LogP contribution in [0.5, 0.6) is 0 Å². The molecule has 0 radical (unpaired) electrons. The predicted molar refractivity (Wildman–Crippen MR) is 109 cm³/mol. The van der Waals surface area contributed by atoms with Crippen molar-refractivity contribution < 1.29 is 43.2 Å². The number of benzene rings is 1. The van der Waals surface area contributed by atoms with Gasteiger partial charge >= 0.3 is 12.4 Å². The van der Waals surface area contributed by atoms with Crippen molar-refractivity contribution in [3.63, 3.8) is 0 Å². The molecule has 0 amide bonds. The number of pyridine rings is 1. The molecule has 1 saturated carbocycles. The average molecular weight is 531 g/mol. The Morgan fingerprint density at radius 1 is 0.882 bits per heavy atom. The maximum Gasteiger partial charge on any atom is 0.433 e. The summed E-state index contributed by atoms with van der Waals surface area (Å²) in [5.41, 5.74) is -2.36. The number of halogens is 6.